The number of carbonyl (C=O) groups is 1. The molecule has 0 spiro atoms. The van der Waals surface area contributed by atoms with Crippen molar-refractivity contribution in [3.63, 3.8) is 0 Å². The molecule has 0 heterocycles. The monoisotopic (exact) mass is 267 g/mol. The lowest BCUT2D eigenvalue weighted by molar-refractivity contribution is -0.153. The molecule has 2 fully saturated rings. The zero-order valence-corrected chi connectivity index (χ0v) is 12.5. The van der Waals surface area contributed by atoms with Gasteiger partial charge in [-0.15, -0.1) is 0 Å². The van der Waals surface area contributed by atoms with Gasteiger partial charge in [0, 0.05) is 6.04 Å². The molecule has 3 nitrogen and oxygen atoms in total. The lowest BCUT2D eigenvalue weighted by atomic mass is 9.75. The molecule has 0 unspecified atom stereocenters. The molecule has 0 aromatic heterocycles. The molecule has 0 saturated heterocycles. The van der Waals surface area contributed by atoms with Gasteiger partial charge in [-0.3, -0.25) is 10.1 Å². The molecule has 2 aliphatic rings. The van der Waals surface area contributed by atoms with Crippen molar-refractivity contribution in [3.05, 3.63) is 0 Å². The van der Waals surface area contributed by atoms with Crippen LogP contribution < -0.4 is 5.32 Å². The summed E-state index contributed by atoms with van der Waals surface area (Å²) in [6.45, 7) is 4.65. The average molecular weight is 267 g/mol. The summed E-state index contributed by atoms with van der Waals surface area (Å²) in [7, 11) is 0. The predicted octanol–water partition coefficient (Wildman–Crippen LogP) is 3.42. The van der Waals surface area contributed by atoms with E-state index in [1.807, 2.05) is 6.92 Å². The van der Waals surface area contributed by atoms with Crippen LogP contribution in [0.3, 0.4) is 0 Å². The van der Waals surface area contributed by atoms with Crippen LogP contribution in [0.4, 0.5) is 0 Å². The fourth-order valence-electron chi connectivity index (χ4n) is 3.72. The van der Waals surface area contributed by atoms with Gasteiger partial charge in [0.25, 0.3) is 0 Å². The third kappa shape index (κ3) is 3.50. The zero-order chi connectivity index (χ0) is 13.7. The lowest BCUT2D eigenvalue weighted by Crippen LogP contribution is -2.57. The fourth-order valence-corrected chi connectivity index (χ4v) is 3.72. The zero-order valence-electron chi connectivity index (χ0n) is 12.5. The van der Waals surface area contributed by atoms with E-state index in [0.717, 1.165) is 31.6 Å². The molecule has 0 amide bonds. The van der Waals surface area contributed by atoms with Crippen LogP contribution in [0.15, 0.2) is 0 Å². The molecule has 110 valence electrons. The Kier molecular flexibility index (Phi) is 5.26. The van der Waals surface area contributed by atoms with Crippen molar-refractivity contribution < 1.29 is 9.53 Å². The van der Waals surface area contributed by atoms with Gasteiger partial charge in [-0.25, -0.2) is 0 Å². The van der Waals surface area contributed by atoms with E-state index in [2.05, 4.69) is 12.2 Å². The third-order valence-electron chi connectivity index (χ3n) is 5.04. The van der Waals surface area contributed by atoms with Crippen molar-refractivity contribution >= 4 is 5.97 Å². The maximum absolute atomic E-state index is 12.4. The van der Waals surface area contributed by atoms with Gasteiger partial charge < -0.3 is 4.74 Å². The Labute approximate surface area is 117 Å². The Morgan fingerprint density at radius 3 is 2.32 bits per heavy atom. The van der Waals surface area contributed by atoms with Crippen molar-refractivity contribution in [2.75, 3.05) is 6.61 Å². The third-order valence-corrected chi connectivity index (χ3v) is 5.04. The maximum Gasteiger partial charge on any atom is 0.326 e. The van der Waals surface area contributed by atoms with Gasteiger partial charge in [0.1, 0.15) is 5.54 Å². The second kappa shape index (κ2) is 6.74. The Morgan fingerprint density at radius 1 is 1.16 bits per heavy atom. The second-order valence-corrected chi connectivity index (χ2v) is 6.28. The molecule has 0 aromatic rings. The first-order valence-corrected chi connectivity index (χ1v) is 8.15. The topological polar surface area (TPSA) is 38.3 Å². The summed E-state index contributed by atoms with van der Waals surface area (Å²) in [6.07, 6.45) is 10.5. The summed E-state index contributed by atoms with van der Waals surface area (Å²) in [5.41, 5.74) is -0.378. The number of hydrogen-bond donors (Lipinski definition) is 1. The molecule has 19 heavy (non-hydrogen) atoms. The van der Waals surface area contributed by atoms with E-state index < -0.39 is 0 Å². The van der Waals surface area contributed by atoms with Gasteiger partial charge in [0.05, 0.1) is 6.61 Å². The molecule has 3 heteroatoms. The average Bonchev–Trinajstić information content (AvgIpc) is 2.92. The molecule has 0 radical (unpaired) electrons. The van der Waals surface area contributed by atoms with Crippen LogP contribution in [0, 0.1) is 5.92 Å². The molecule has 2 aliphatic carbocycles. The normalized spacial score (nSPS) is 32.4. The van der Waals surface area contributed by atoms with Crippen LogP contribution in [0.25, 0.3) is 0 Å². The van der Waals surface area contributed by atoms with E-state index in [1.165, 1.54) is 32.1 Å². The summed E-state index contributed by atoms with van der Waals surface area (Å²) < 4.78 is 5.36. The van der Waals surface area contributed by atoms with Crippen LogP contribution in [-0.4, -0.2) is 24.2 Å². The van der Waals surface area contributed by atoms with E-state index in [1.54, 1.807) is 0 Å². The predicted molar refractivity (Wildman–Crippen MR) is 77.0 cm³/mol. The summed E-state index contributed by atoms with van der Waals surface area (Å²) in [6, 6.07) is 0.530. The van der Waals surface area contributed by atoms with Crippen LogP contribution in [0.1, 0.15) is 71.6 Å². The molecule has 0 aliphatic heterocycles. The number of rotatable bonds is 5. The number of nitrogens with one attached hydrogen (secondary N) is 1. The summed E-state index contributed by atoms with van der Waals surface area (Å²) in [5, 5.41) is 3.69. The highest BCUT2D eigenvalue weighted by Crippen LogP contribution is 2.36. The standard InChI is InChI=1S/C16H29NO2/c1-3-13-9-11-16(12-10-13,15(18)19-4-2)17-14-7-5-6-8-14/h13-14,17H,3-12H2,1-2H3. The van der Waals surface area contributed by atoms with Gasteiger partial charge in [-0.2, -0.15) is 0 Å². The summed E-state index contributed by atoms with van der Waals surface area (Å²) >= 11 is 0. The van der Waals surface area contributed by atoms with Crippen molar-refractivity contribution in [1.82, 2.24) is 5.32 Å². The van der Waals surface area contributed by atoms with Crippen molar-refractivity contribution in [2.45, 2.75) is 83.2 Å². The van der Waals surface area contributed by atoms with Gasteiger partial charge >= 0.3 is 5.97 Å². The highest BCUT2D eigenvalue weighted by molar-refractivity contribution is 5.81. The first-order valence-electron chi connectivity index (χ1n) is 8.15. The van der Waals surface area contributed by atoms with E-state index in [9.17, 15) is 4.79 Å². The Hall–Kier alpha value is -0.570. The van der Waals surface area contributed by atoms with Crippen LogP contribution in [-0.2, 0) is 9.53 Å². The second-order valence-electron chi connectivity index (χ2n) is 6.28. The fraction of sp³-hybridized carbons (Fsp3) is 0.938. The van der Waals surface area contributed by atoms with E-state index in [-0.39, 0.29) is 11.5 Å². The van der Waals surface area contributed by atoms with Crippen LogP contribution >= 0.6 is 0 Å². The molecular weight excluding hydrogens is 238 g/mol. The first kappa shape index (κ1) is 14.8. The molecular formula is C16H29NO2. The smallest absolute Gasteiger partial charge is 0.326 e. The molecule has 0 aromatic carbocycles. The van der Waals surface area contributed by atoms with Crippen molar-refractivity contribution in [3.8, 4) is 0 Å². The van der Waals surface area contributed by atoms with Crippen molar-refractivity contribution in [1.29, 1.82) is 0 Å². The van der Waals surface area contributed by atoms with E-state index in [4.69, 9.17) is 4.74 Å². The highest BCUT2D eigenvalue weighted by Gasteiger charge is 2.44. The largest absolute Gasteiger partial charge is 0.465 e. The SMILES string of the molecule is CCOC(=O)C1(NC2CCCC2)CCC(CC)CC1. The quantitative estimate of drug-likeness (QED) is 0.776. The Morgan fingerprint density at radius 2 is 1.79 bits per heavy atom. The Balaban J connectivity index is 2.02. The molecule has 0 bridgehead atoms. The number of carbonyl (C=O) groups excluding carboxylic acids is 1. The van der Waals surface area contributed by atoms with Gasteiger partial charge in [-0.05, 0) is 51.4 Å². The summed E-state index contributed by atoms with van der Waals surface area (Å²) in [5.74, 6) is 0.796. The van der Waals surface area contributed by atoms with Crippen molar-refractivity contribution in [2.24, 2.45) is 5.92 Å². The summed E-state index contributed by atoms with van der Waals surface area (Å²) in [4.78, 5) is 12.4. The molecule has 2 saturated carbocycles. The van der Waals surface area contributed by atoms with Gasteiger partial charge in [0.15, 0.2) is 0 Å². The van der Waals surface area contributed by atoms with E-state index >= 15 is 0 Å². The minimum Gasteiger partial charge on any atom is -0.465 e. The van der Waals surface area contributed by atoms with Gasteiger partial charge in [0.2, 0.25) is 0 Å². The number of ether oxygens (including phenoxy) is 1. The molecule has 1 N–H and O–H groups in total. The molecule has 0 atom stereocenters. The number of esters is 1. The van der Waals surface area contributed by atoms with Crippen LogP contribution in [0.5, 0.6) is 0 Å². The van der Waals surface area contributed by atoms with Crippen LogP contribution in [0.2, 0.25) is 0 Å². The Bertz CT molecular complexity index is 289. The minimum atomic E-state index is -0.378. The molecule has 2 rings (SSSR count). The van der Waals surface area contributed by atoms with Gasteiger partial charge in [-0.1, -0.05) is 26.2 Å². The minimum absolute atomic E-state index is 0.00328. The first-order chi connectivity index (χ1) is 9.20. The number of hydrogen-bond acceptors (Lipinski definition) is 3. The lowest BCUT2D eigenvalue weighted by Gasteiger charge is -2.40. The van der Waals surface area contributed by atoms with E-state index in [0.29, 0.717) is 12.6 Å². The maximum atomic E-state index is 12.4. The highest BCUT2D eigenvalue weighted by atomic mass is 16.5.